The van der Waals surface area contributed by atoms with Crippen LogP contribution >= 0.6 is 24.2 Å². The summed E-state index contributed by atoms with van der Waals surface area (Å²) in [6.45, 7) is 5.71. The lowest BCUT2D eigenvalue weighted by Crippen LogP contribution is -2.37. The van der Waals surface area contributed by atoms with E-state index >= 15 is 0 Å². The summed E-state index contributed by atoms with van der Waals surface area (Å²) in [7, 11) is 3.29. The molecule has 1 unspecified atom stereocenters. The van der Waals surface area contributed by atoms with Gasteiger partial charge >= 0.3 is 0 Å². The third kappa shape index (κ3) is 5.18. The number of aliphatic imine (C=N–C) groups is 1. The van der Waals surface area contributed by atoms with E-state index in [1.54, 1.807) is 14.2 Å². The van der Waals surface area contributed by atoms with E-state index in [4.69, 9.17) is 14.5 Å². The molecule has 182 valence electrons. The first-order chi connectivity index (χ1) is 16.1. The predicted molar refractivity (Wildman–Crippen MR) is 143 cm³/mol. The predicted octanol–water partition coefficient (Wildman–Crippen LogP) is 5.28. The standard InChI is InChI=1S/C25H30N4O3S.ClH/c1-5-22-23(27-28-25(30)33-22)17-9-11-19-16(14-17)8-7-13-29(19)24(26-6-2)18-10-12-20(31-3)21(15-18)32-4;/h9-12,14-15,22H,5-8,13H2,1-4H3,(H,28,30);1H. The van der Waals surface area contributed by atoms with E-state index in [9.17, 15) is 4.79 Å². The highest BCUT2D eigenvalue weighted by atomic mass is 35.5. The molecule has 2 aromatic rings. The van der Waals surface area contributed by atoms with Gasteiger partial charge in [0.25, 0.3) is 5.24 Å². The molecule has 0 saturated carbocycles. The largest absolute Gasteiger partial charge is 0.493 e. The Hall–Kier alpha value is -2.71. The number of thioether (sulfide) groups is 1. The molecule has 2 heterocycles. The zero-order valence-electron chi connectivity index (χ0n) is 20.0. The molecular formula is C25H31ClN4O3S. The molecule has 0 radical (unpaired) electrons. The van der Waals surface area contributed by atoms with Gasteiger partial charge in [0, 0.05) is 24.3 Å². The van der Waals surface area contributed by atoms with Gasteiger partial charge in [-0.05, 0) is 67.6 Å². The third-order valence-electron chi connectivity index (χ3n) is 5.89. The average molecular weight is 503 g/mol. The van der Waals surface area contributed by atoms with Gasteiger partial charge in [-0.1, -0.05) is 24.8 Å². The fourth-order valence-electron chi connectivity index (χ4n) is 4.35. The highest BCUT2D eigenvalue weighted by Crippen LogP contribution is 2.34. The molecule has 7 nitrogen and oxygen atoms in total. The Morgan fingerprint density at radius 2 is 1.97 bits per heavy atom. The van der Waals surface area contributed by atoms with Gasteiger partial charge in [-0.15, -0.1) is 12.4 Å². The summed E-state index contributed by atoms with van der Waals surface area (Å²) in [5.74, 6) is 2.31. The second kappa shape index (κ2) is 11.6. The minimum absolute atomic E-state index is 0. The van der Waals surface area contributed by atoms with Crippen LogP contribution in [-0.2, 0) is 6.42 Å². The molecule has 34 heavy (non-hydrogen) atoms. The number of rotatable bonds is 6. The van der Waals surface area contributed by atoms with Crippen LogP contribution in [0.2, 0.25) is 0 Å². The minimum atomic E-state index is -0.0925. The van der Waals surface area contributed by atoms with E-state index < -0.39 is 0 Å². The number of nitrogens with one attached hydrogen (secondary N) is 1. The maximum atomic E-state index is 11.8. The van der Waals surface area contributed by atoms with Gasteiger partial charge in [-0.3, -0.25) is 9.79 Å². The number of benzene rings is 2. The van der Waals surface area contributed by atoms with E-state index in [1.807, 2.05) is 25.1 Å². The number of fused-ring (bicyclic) bond motifs is 1. The molecule has 0 aliphatic carbocycles. The second-order valence-electron chi connectivity index (χ2n) is 7.88. The monoisotopic (exact) mass is 502 g/mol. The number of anilines is 1. The summed E-state index contributed by atoms with van der Waals surface area (Å²) in [4.78, 5) is 18.9. The zero-order chi connectivity index (χ0) is 23.4. The number of amidine groups is 1. The number of halogens is 1. The first-order valence-corrected chi connectivity index (χ1v) is 12.2. The van der Waals surface area contributed by atoms with Crippen LogP contribution in [0.25, 0.3) is 0 Å². The lowest BCUT2D eigenvalue weighted by Gasteiger charge is -2.33. The lowest BCUT2D eigenvalue weighted by molar-refractivity contribution is 0.260. The highest BCUT2D eigenvalue weighted by molar-refractivity contribution is 8.14. The number of carbonyl (C=O) groups is 1. The van der Waals surface area contributed by atoms with Crippen LogP contribution < -0.4 is 19.8 Å². The van der Waals surface area contributed by atoms with Gasteiger partial charge in [0.15, 0.2) is 11.5 Å². The Morgan fingerprint density at radius 3 is 2.68 bits per heavy atom. The summed E-state index contributed by atoms with van der Waals surface area (Å²) in [5, 5.41) is 4.36. The Bertz CT molecular complexity index is 1110. The Labute approximate surface area is 211 Å². The number of methoxy groups -OCH3 is 2. The number of carbonyl (C=O) groups excluding carboxylic acids is 1. The van der Waals surface area contributed by atoms with Crippen LogP contribution in [0.5, 0.6) is 11.5 Å². The van der Waals surface area contributed by atoms with Crippen molar-refractivity contribution in [2.45, 2.75) is 38.4 Å². The quantitative estimate of drug-likeness (QED) is 0.429. The van der Waals surface area contributed by atoms with E-state index in [0.717, 1.165) is 54.2 Å². The highest BCUT2D eigenvalue weighted by Gasteiger charge is 2.28. The fraction of sp³-hybridized carbons (Fsp3) is 0.400. The summed E-state index contributed by atoms with van der Waals surface area (Å²) >= 11 is 1.31. The molecule has 9 heteroatoms. The summed E-state index contributed by atoms with van der Waals surface area (Å²) in [5.41, 5.74) is 8.04. The van der Waals surface area contributed by atoms with Crippen LogP contribution in [0.1, 0.15) is 43.4 Å². The molecular weight excluding hydrogens is 472 g/mol. The van der Waals surface area contributed by atoms with Crippen LogP contribution in [0.15, 0.2) is 46.5 Å². The number of hydrogen-bond donors (Lipinski definition) is 1. The van der Waals surface area contributed by atoms with E-state index in [2.05, 4.69) is 40.5 Å². The normalized spacial score (nSPS) is 17.8. The van der Waals surface area contributed by atoms with Crippen LogP contribution in [-0.4, -0.2) is 49.3 Å². The molecule has 0 spiro atoms. The van der Waals surface area contributed by atoms with Crippen molar-refractivity contribution in [2.75, 3.05) is 32.2 Å². The third-order valence-corrected chi connectivity index (χ3v) is 7.04. The molecule has 2 aliphatic rings. The molecule has 4 rings (SSSR count). The fourth-order valence-corrected chi connectivity index (χ4v) is 5.17. The topological polar surface area (TPSA) is 75.5 Å². The summed E-state index contributed by atoms with van der Waals surface area (Å²) < 4.78 is 10.9. The first-order valence-electron chi connectivity index (χ1n) is 11.3. The van der Waals surface area contributed by atoms with E-state index in [1.165, 1.54) is 17.3 Å². The van der Waals surface area contributed by atoms with Gasteiger partial charge < -0.3 is 14.4 Å². The molecule has 1 N–H and O–H groups in total. The Morgan fingerprint density at radius 1 is 1.18 bits per heavy atom. The molecule has 1 amide bonds. The molecule has 0 fully saturated rings. The maximum Gasteiger partial charge on any atom is 0.299 e. The second-order valence-corrected chi connectivity index (χ2v) is 9.05. The molecule has 0 saturated heterocycles. The molecule has 2 aromatic carbocycles. The van der Waals surface area contributed by atoms with Gasteiger partial charge in [0.05, 0.1) is 25.2 Å². The van der Waals surface area contributed by atoms with Crippen LogP contribution in [0, 0.1) is 0 Å². The van der Waals surface area contributed by atoms with Crippen molar-refractivity contribution >= 4 is 46.6 Å². The van der Waals surface area contributed by atoms with Crippen molar-refractivity contribution in [1.82, 2.24) is 5.43 Å². The number of hydrazone groups is 1. The smallest absolute Gasteiger partial charge is 0.299 e. The van der Waals surface area contributed by atoms with Crippen LogP contribution in [0.4, 0.5) is 10.5 Å². The Kier molecular flexibility index (Phi) is 8.85. The summed E-state index contributed by atoms with van der Waals surface area (Å²) in [6, 6.07) is 12.4. The maximum absolute atomic E-state index is 11.8. The van der Waals surface area contributed by atoms with Crippen molar-refractivity contribution < 1.29 is 14.3 Å². The van der Waals surface area contributed by atoms with Gasteiger partial charge in [-0.2, -0.15) is 5.10 Å². The number of aryl methyl sites for hydroxylation is 1. The van der Waals surface area contributed by atoms with Gasteiger partial charge in [-0.25, -0.2) is 5.43 Å². The lowest BCUT2D eigenvalue weighted by atomic mass is 9.95. The van der Waals surface area contributed by atoms with Gasteiger partial charge in [0.1, 0.15) is 5.84 Å². The van der Waals surface area contributed by atoms with E-state index in [0.29, 0.717) is 18.0 Å². The minimum Gasteiger partial charge on any atom is -0.493 e. The molecule has 2 aliphatic heterocycles. The van der Waals surface area contributed by atoms with Crippen molar-refractivity contribution in [1.29, 1.82) is 0 Å². The first kappa shape index (κ1) is 25.9. The average Bonchev–Trinajstić information content (AvgIpc) is 2.86. The molecule has 1 atom stereocenters. The number of ether oxygens (including phenoxy) is 2. The number of amides is 1. The van der Waals surface area contributed by atoms with Crippen molar-refractivity contribution in [3.05, 3.63) is 53.1 Å². The van der Waals surface area contributed by atoms with Crippen molar-refractivity contribution in [3.8, 4) is 11.5 Å². The molecule has 0 aromatic heterocycles. The van der Waals surface area contributed by atoms with Crippen LogP contribution in [0.3, 0.4) is 0 Å². The van der Waals surface area contributed by atoms with Gasteiger partial charge in [0.2, 0.25) is 0 Å². The molecule has 0 bridgehead atoms. The SMILES string of the molecule is CCN=C(c1ccc(OC)c(OC)c1)N1CCCc2cc(C3=NNC(=O)SC3CC)ccc21.Cl. The summed E-state index contributed by atoms with van der Waals surface area (Å²) in [6.07, 6.45) is 2.88. The zero-order valence-corrected chi connectivity index (χ0v) is 21.6. The van der Waals surface area contributed by atoms with E-state index in [-0.39, 0.29) is 22.9 Å². The number of hydrogen-bond acceptors (Lipinski definition) is 6. The Balaban J connectivity index is 0.00000324. The van der Waals surface area contributed by atoms with Crippen molar-refractivity contribution in [2.24, 2.45) is 10.1 Å². The number of nitrogens with zero attached hydrogens (tertiary/aromatic N) is 3. The van der Waals surface area contributed by atoms with Crippen molar-refractivity contribution in [3.63, 3.8) is 0 Å².